The first-order valence-corrected chi connectivity index (χ1v) is 15.7. The van der Waals surface area contributed by atoms with Gasteiger partial charge in [-0.25, -0.2) is 0 Å². The van der Waals surface area contributed by atoms with Crippen molar-refractivity contribution in [2.24, 2.45) is 16.5 Å². The van der Waals surface area contributed by atoms with Gasteiger partial charge in [-0.05, 0) is 76.4 Å². The number of nitrogens with one attached hydrogen (secondary N) is 1. The monoisotopic (exact) mass is 596 g/mol. The van der Waals surface area contributed by atoms with Gasteiger partial charge in [0.1, 0.15) is 24.1 Å². The molecule has 1 unspecified atom stereocenters. The minimum absolute atomic E-state index is 0.0477. The maximum atomic E-state index is 12.4. The number of carbonyl (C=O) groups is 1. The SMILES string of the molecule is C=CC.CC.CC/C=C(\C)CC(N=CN)C(=O)NCCCCCCCCOc1ccc(OCc2ccccc2)cc1.CN. The minimum atomic E-state index is -0.434. The van der Waals surface area contributed by atoms with Crippen molar-refractivity contribution >= 4 is 12.2 Å². The van der Waals surface area contributed by atoms with E-state index in [1.165, 1.54) is 19.8 Å². The molecule has 43 heavy (non-hydrogen) atoms. The van der Waals surface area contributed by atoms with Crippen LogP contribution >= 0.6 is 0 Å². The number of rotatable bonds is 18. The van der Waals surface area contributed by atoms with Crippen LogP contribution in [0.2, 0.25) is 0 Å². The van der Waals surface area contributed by atoms with Gasteiger partial charge in [0.15, 0.2) is 0 Å². The molecular formula is C36H60N4O3. The molecule has 2 aromatic carbocycles. The molecule has 1 atom stereocenters. The molecule has 0 bridgehead atoms. The van der Waals surface area contributed by atoms with E-state index in [9.17, 15) is 4.79 Å². The van der Waals surface area contributed by atoms with E-state index < -0.39 is 6.04 Å². The first-order chi connectivity index (χ1) is 21.0. The number of hydrogen-bond donors (Lipinski definition) is 3. The number of aliphatic imine (C=N–C) groups is 1. The number of carbonyl (C=O) groups excluding carboxylic acids is 1. The molecule has 1 amide bonds. The van der Waals surface area contributed by atoms with E-state index in [0.717, 1.165) is 67.8 Å². The Kier molecular flexibility index (Phi) is 30.3. The third-order valence-corrected chi connectivity index (χ3v) is 5.85. The Bertz CT molecular complexity index is 960. The Morgan fingerprint density at radius 3 is 2.02 bits per heavy atom. The van der Waals surface area contributed by atoms with Crippen molar-refractivity contribution in [3.8, 4) is 11.5 Å². The summed E-state index contributed by atoms with van der Waals surface area (Å²) in [6.45, 7) is 15.3. The summed E-state index contributed by atoms with van der Waals surface area (Å²) in [6.07, 6.45) is 13.2. The number of ether oxygens (including phenoxy) is 2. The highest BCUT2D eigenvalue weighted by Gasteiger charge is 2.16. The fourth-order valence-corrected chi connectivity index (χ4v) is 3.88. The number of nitrogens with zero attached hydrogens (tertiary/aromatic N) is 1. The van der Waals surface area contributed by atoms with Gasteiger partial charge < -0.3 is 26.3 Å². The van der Waals surface area contributed by atoms with Crippen molar-refractivity contribution in [2.45, 2.75) is 98.6 Å². The predicted octanol–water partition coefficient (Wildman–Crippen LogP) is 8.00. The lowest BCUT2D eigenvalue weighted by molar-refractivity contribution is -0.122. The van der Waals surface area contributed by atoms with Crippen LogP contribution in [0.3, 0.4) is 0 Å². The average Bonchev–Trinajstić information content (AvgIpc) is 3.04. The van der Waals surface area contributed by atoms with E-state index in [-0.39, 0.29) is 5.91 Å². The molecule has 242 valence electrons. The first kappa shape index (κ1) is 41.6. The Hall–Kier alpha value is -3.58. The molecule has 0 aliphatic carbocycles. The number of amides is 1. The maximum Gasteiger partial charge on any atom is 0.245 e. The summed E-state index contributed by atoms with van der Waals surface area (Å²) >= 11 is 0. The Morgan fingerprint density at radius 2 is 1.47 bits per heavy atom. The summed E-state index contributed by atoms with van der Waals surface area (Å²) in [4.78, 5) is 16.5. The van der Waals surface area contributed by atoms with Crippen molar-refractivity contribution in [1.82, 2.24) is 5.32 Å². The lowest BCUT2D eigenvalue weighted by Gasteiger charge is -2.13. The number of benzene rings is 2. The molecule has 0 radical (unpaired) electrons. The molecule has 5 N–H and O–H groups in total. The summed E-state index contributed by atoms with van der Waals surface area (Å²) in [5.74, 6) is 1.66. The van der Waals surface area contributed by atoms with Crippen LogP contribution in [-0.4, -0.2) is 38.5 Å². The van der Waals surface area contributed by atoms with Crippen LogP contribution in [0.1, 0.15) is 91.5 Å². The molecule has 0 heterocycles. The standard InChI is InChI=1S/C30H43N3O3.C3H6.C2H6.CH5N/c1-3-13-25(2)22-29(33-24-31)30(34)32-20-11-6-4-5-7-12-21-35-27-16-18-28(19-17-27)36-23-26-14-9-8-10-15-26;1-3-2;2*1-2/h8-10,13-19,24,29H,3-7,11-12,20-23H2,1-2H3,(H2,31,33)(H,32,34);3H,1H2,2H3;1-2H3;2H2,1H3/b25-13+;;;. The topological polar surface area (TPSA) is 112 Å². The molecule has 0 aromatic heterocycles. The lowest BCUT2D eigenvalue weighted by Crippen LogP contribution is -2.34. The second kappa shape index (κ2) is 31.4. The van der Waals surface area contributed by atoms with Gasteiger partial charge in [0.05, 0.1) is 12.9 Å². The molecule has 2 aromatic rings. The largest absolute Gasteiger partial charge is 0.494 e. The van der Waals surface area contributed by atoms with E-state index in [1.54, 1.807) is 6.08 Å². The van der Waals surface area contributed by atoms with Crippen LogP contribution in [0.25, 0.3) is 0 Å². The molecule has 0 aliphatic rings. The van der Waals surface area contributed by atoms with E-state index in [1.807, 2.05) is 70.2 Å². The number of unbranched alkanes of at least 4 members (excludes halogenated alkanes) is 5. The van der Waals surface area contributed by atoms with Crippen molar-refractivity contribution in [1.29, 1.82) is 0 Å². The maximum absolute atomic E-state index is 12.4. The Labute approximate surface area is 262 Å². The van der Waals surface area contributed by atoms with Crippen molar-refractivity contribution in [2.75, 3.05) is 20.2 Å². The highest BCUT2D eigenvalue weighted by molar-refractivity contribution is 5.83. The summed E-state index contributed by atoms with van der Waals surface area (Å²) in [7, 11) is 1.50. The molecule has 7 nitrogen and oxygen atoms in total. The van der Waals surface area contributed by atoms with E-state index >= 15 is 0 Å². The second-order valence-electron chi connectivity index (χ2n) is 9.39. The van der Waals surface area contributed by atoms with Gasteiger partial charge in [0.2, 0.25) is 5.91 Å². The fraction of sp³-hybridized carbons (Fsp3) is 0.500. The molecule has 0 spiro atoms. The van der Waals surface area contributed by atoms with Gasteiger partial charge in [-0.2, -0.15) is 0 Å². The van der Waals surface area contributed by atoms with Gasteiger partial charge >= 0.3 is 0 Å². The Morgan fingerprint density at radius 1 is 0.930 bits per heavy atom. The summed E-state index contributed by atoms with van der Waals surface area (Å²) in [5.41, 5.74) is 12.2. The highest BCUT2D eigenvalue weighted by Crippen LogP contribution is 2.19. The first-order valence-electron chi connectivity index (χ1n) is 15.7. The van der Waals surface area contributed by atoms with Gasteiger partial charge in [0, 0.05) is 6.54 Å². The van der Waals surface area contributed by atoms with Gasteiger partial charge in [-0.1, -0.05) is 94.5 Å². The normalized spacial score (nSPS) is 11.0. The summed E-state index contributed by atoms with van der Waals surface area (Å²) < 4.78 is 11.7. The molecule has 0 saturated heterocycles. The molecule has 0 fully saturated rings. The van der Waals surface area contributed by atoms with Crippen LogP contribution in [0, 0.1) is 0 Å². The number of nitrogens with two attached hydrogens (primary N) is 2. The smallest absolute Gasteiger partial charge is 0.245 e. The van der Waals surface area contributed by atoms with E-state index in [0.29, 0.717) is 19.6 Å². The summed E-state index contributed by atoms with van der Waals surface area (Å²) in [5, 5.41) is 3.00. The number of hydrogen-bond acceptors (Lipinski definition) is 5. The van der Waals surface area contributed by atoms with Crippen LogP contribution in [-0.2, 0) is 11.4 Å². The minimum Gasteiger partial charge on any atom is -0.494 e. The predicted molar refractivity (Wildman–Crippen MR) is 186 cm³/mol. The average molecular weight is 597 g/mol. The van der Waals surface area contributed by atoms with Crippen molar-refractivity contribution in [3.63, 3.8) is 0 Å². The highest BCUT2D eigenvalue weighted by atomic mass is 16.5. The zero-order valence-corrected chi connectivity index (χ0v) is 27.8. The number of allylic oxidation sites excluding steroid dienone is 2. The molecule has 0 aliphatic heterocycles. The molecule has 0 saturated carbocycles. The zero-order valence-electron chi connectivity index (χ0n) is 27.8. The molecular weight excluding hydrogens is 536 g/mol. The second-order valence-corrected chi connectivity index (χ2v) is 9.39. The van der Waals surface area contributed by atoms with Gasteiger partial charge in [0.25, 0.3) is 0 Å². The zero-order chi connectivity index (χ0) is 32.6. The van der Waals surface area contributed by atoms with Crippen LogP contribution in [0.4, 0.5) is 0 Å². The molecule has 2 rings (SSSR count). The third kappa shape index (κ3) is 23.6. The Balaban J connectivity index is 0. The lowest BCUT2D eigenvalue weighted by atomic mass is 10.1. The third-order valence-electron chi connectivity index (χ3n) is 5.85. The van der Waals surface area contributed by atoms with Crippen LogP contribution in [0.15, 0.2) is 83.9 Å². The van der Waals surface area contributed by atoms with Crippen LogP contribution in [0.5, 0.6) is 11.5 Å². The van der Waals surface area contributed by atoms with Gasteiger partial charge in [-0.15, -0.1) is 6.58 Å². The van der Waals surface area contributed by atoms with Gasteiger partial charge in [-0.3, -0.25) is 9.79 Å². The van der Waals surface area contributed by atoms with Crippen LogP contribution < -0.4 is 26.3 Å². The fourth-order valence-electron chi connectivity index (χ4n) is 3.88. The quantitative estimate of drug-likeness (QED) is 0.0699. The van der Waals surface area contributed by atoms with E-state index in [2.05, 4.69) is 47.8 Å². The summed E-state index contributed by atoms with van der Waals surface area (Å²) in [6, 6.07) is 17.5. The van der Waals surface area contributed by atoms with Crippen molar-refractivity contribution < 1.29 is 14.3 Å². The van der Waals surface area contributed by atoms with E-state index in [4.69, 9.17) is 15.2 Å². The van der Waals surface area contributed by atoms with Crippen molar-refractivity contribution in [3.05, 3.63) is 84.5 Å². The molecule has 7 heteroatoms.